The SMILES string of the molecule is C1CC2C3CCC(C3)C2C1.CCOCCCCOCC(COc1ccccc1)OC(=O)c1ccccc1.CCOCCCCOCC(COc1ccccc1)OC(=O)c1ccccc1. The van der Waals surface area contributed by atoms with Crippen LogP contribution in [0.2, 0.25) is 0 Å². The zero-order valence-electron chi connectivity index (χ0n) is 38.2. The normalized spacial score (nSPS) is 18.9. The Bertz CT molecular complexity index is 1660. The van der Waals surface area contributed by atoms with Gasteiger partial charge in [0.15, 0.2) is 12.2 Å². The van der Waals surface area contributed by atoms with E-state index in [9.17, 15) is 9.59 Å². The molecule has 6 unspecified atom stereocenters. The first-order chi connectivity index (χ1) is 31.5. The van der Waals surface area contributed by atoms with Crippen LogP contribution in [-0.4, -0.2) is 90.2 Å². The molecular weight excluding hydrogens is 809 g/mol. The molecule has 10 nitrogen and oxygen atoms in total. The van der Waals surface area contributed by atoms with Gasteiger partial charge in [0.05, 0.1) is 24.3 Å². The topological polar surface area (TPSA) is 108 Å². The second kappa shape index (κ2) is 30.4. The number of esters is 2. The Hall–Kier alpha value is -4.74. The van der Waals surface area contributed by atoms with E-state index in [1.807, 2.05) is 86.6 Å². The van der Waals surface area contributed by atoms with E-state index in [4.69, 9.17) is 37.9 Å². The van der Waals surface area contributed by atoms with Crippen LogP contribution in [0.4, 0.5) is 0 Å². The molecule has 3 fully saturated rings. The van der Waals surface area contributed by atoms with E-state index < -0.39 is 12.2 Å². The lowest BCUT2D eigenvalue weighted by Crippen LogP contribution is -2.30. The van der Waals surface area contributed by atoms with Gasteiger partial charge >= 0.3 is 11.9 Å². The van der Waals surface area contributed by atoms with E-state index in [1.54, 1.807) is 87.1 Å². The third-order valence-electron chi connectivity index (χ3n) is 11.9. The van der Waals surface area contributed by atoms with Gasteiger partial charge in [-0.2, -0.15) is 0 Å². The summed E-state index contributed by atoms with van der Waals surface area (Å²) in [4.78, 5) is 24.6. The smallest absolute Gasteiger partial charge is 0.338 e. The van der Waals surface area contributed by atoms with Crippen molar-refractivity contribution in [1.29, 1.82) is 0 Å². The molecule has 0 amide bonds. The Kier molecular flexibility index (Phi) is 23.9. The molecule has 0 heterocycles. The summed E-state index contributed by atoms with van der Waals surface area (Å²) in [7, 11) is 0. The lowest BCUT2D eigenvalue weighted by Gasteiger charge is -2.23. The largest absolute Gasteiger partial charge is 0.490 e. The molecule has 0 spiro atoms. The third kappa shape index (κ3) is 18.8. The number of ether oxygens (including phenoxy) is 8. The van der Waals surface area contributed by atoms with Gasteiger partial charge in [-0.3, -0.25) is 0 Å². The van der Waals surface area contributed by atoms with Gasteiger partial charge < -0.3 is 37.9 Å². The molecule has 2 bridgehead atoms. The highest BCUT2D eigenvalue weighted by Gasteiger charge is 2.48. The maximum atomic E-state index is 12.3. The molecule has 3 aliphatic rings. The van der Waals surface area contributed by atoms with Gasteiger partial charge in [0.2, 0.25) is 0 Å². The van der Waals surface area contributed by atoms with Gasteiger partial charge in [-0.05, 0) is 144 Å². The van der Waals surface area contributed by atoms with Crippen molar-refractivity contribution in [2.45, 2.75) is 90.3 Å². The predicted octanol–water partition coefficient (Wildman–Crippen LogP) is 11.1. The van der Waals surface area contributed by atoms with Crippen molar-refractivity contribution in [3.8, 4) is 11.5 Å². The highest BCUT2D eigenvalue weighted by molar-refractivity contribution is 5.89. The van der Waals surface area contributed by atoms with Gasteiger partial charge in [-0.1, -0.05) is 79.2 Å². The van der Waals surface area contributed by atoms with Gasteiger partial charge in [0.25, 0.3) is 0 Å². The molecule has 6 atom stereocenters. The average molecular weight is 881 g/mol. The third-order valence-corrected chi connectivity index (χ3v) is 11.9. The Balaban J connectivity index is 0.000000197. The Morgan fingerprint density at radius 3 is 1.20 bits per heavy atom. The van der Waals surface area contributed by atoms with Crippen LogP contribution in [0.5, 0.6) is 11.5 Å². The van der Waals surface area contributed by atoms with Crippen LogP contribution < -0.4 is 9.47 Å². The summed E-state index contributed by atoms with van der Waals surface area (Å²) < 4.78 is 44.6. The molecule has 7 rings (SSSR count). The second-order valence-corrected chi connectivity index (χ2v) is 16.6. The molecule has 3 saturated carbocycles. The van der Waals surface area contributed by atoms with Gasteiger partial charge in [-0.25, -0.2) is 9.59 Å². The monoisotopic (exact) mass is 881 g/mol. The fourth-order valence-electron chi connectivity index (χ4n) is 8.78. The molecule has 10 heteroatoms. The molecule has 64 heavy (non-hydrogen) atoms. The van der Waals surface area contributed by atoms with Crippen molar-refractivity contribution in [2.24, 2.45) is 23.7 Å². The summed E-state index contributed by atoms with van der Waals surface area (Å²) in [5, 5.41) is 0. The molecule has 3 aliphatic carbocycles. The Labute approximate surface area is 382 Å². The number of hydrogen-bond acceptors (Lipinski definition) is 10. The molecule has 0 radical (unpaired) electrons. The maximum absolute atomic E-state index is 12.3. The number of carbonyl (C=O) groups excluding carboxylic acids is 2. The lowest BCUT2D eigenvalue weighted by molar-refractivity contribution is -0.0212. The molecule has 0 aliphatic heterocycles. The minimum atomic E-state index is -0.482. The van der Waals surface area contributed by atoms with E-state index in [2.05, 4.69) is 0 Å². The molecule has 4 aromatic carbocycles. The lowest BCUT2D eigenvalue weighted by atomic mass is 9.82. The fraction of sp³-hybridized carbons (Fsp3) is 0.519. The zero-order chi connectivity index (χ0) is 44.9. The summed E-state index contributed by atoms with van der Waals surface area (Å²) in [6, 6.07) is 36.8. The highest BCUT2D eigenvalue weighted by atomic mass is 16.6. The number of fused-ring (bicyclic) bond motifs is 5. The summed E-state index contributed by atoms with van der Waals surface area (Å²) >= 11 is 0. The second-order valence-electron chi connectivity index (χ2n) is 16.6. The Morgan fingerprint density at radius 1 is 0.469 bits per heavy atom. The highest BCUT2D eigenvalue weighted by Crippen LogP contribution is 2.58. The zero-order valence-corrected chi connectivity index (χ0v) is 38.2. The number of unbranched alkanes of at least 4 members (excludes halogenated alkanes) is 2. The summed E-state index contributed by atoms with van der Waals surface area (Å²) in [6.07, 6.45) is 12.3. The minimum absolute atomic E-state index is 0.238. The van der Waals surface area contributed by atoms with Crippen LogP contribution in [0.15, 0.2) is 121 Å². The fourth-order valence-corrected chi connectivity index (χ4v) is 8.78. The van der Waals surface area contributed by atoms with E-state index in [-0.39, 0.29) is 25.2 Å². The number of hydrogen-bond donors (Lipinski definition) is 0. The predicted molar refractivity (Wildman–Crippen MR) is 250 cm³/mol. The molecular formula is C54H72O10. The number of rotatable bonds is 26. The first kappa shape index (κ1) is 50.3. The van der Waals surface area contributed by atoms with Gasteiger partial charge in [-0.15, -0.1) is 0 Å². The molecule has 348 valence electrons. The summed E-state index contributed by atoms with van der Waals surface area (Å²) in [6.45, 7) is 9.15. The maximum Gasteiger partial charge on any atom is 0.338 e. The van der Waals surface area contributed by atoms with Crippen molar-refractivity contribution in [3.63, 3.8) is 0 Å². The van der Waals surface area contributed by atoms with Gasteiger partial charge in [0.1, 0.15) is 24.7 Å². The first-order valence-corrected chi connectivity index (χ1v) is 23.7. The average Bonchev–Trinajstić information content (AvgIpc) is 4.11. The number of para-hydroxylation sites is 2. The van der Waals surface area contributed by atoms with Crippen LogP contribution in [0, 0.1) is 23.7 Å². The van der Waals surface area contributed by atoms with Crippen molar-refractivity contribution in [1.82, 2.24) is 0 Å². The van der Waals surface area contributed by atoms with Crippen molar-refractivity contribution in [2.75, 3.05) is 66.1 Å². The number of carbonyl (C=O) groups is 2. The van der Waals surface area contributed by atoms with E-state index in [1.165, 1.54) is 23.7 Å². The molecule has 0 saturated heterocycles. The van der Waals surface area contributed by atoms with E-state index in [0.717, 1.165) is 63.6 Å². The van der Waals surface area contributed by atoms with E-state index in [0.29, 0.717) is 37.6 Å². The molecule has 4 aromatic rings. The minimum Gasteiger partial charge on any atom is -0.490 e. The van der Waals surface area contributed by atoms with Crippen molar-refractivity contribution < 1.29 is 47.5 Å². The van der Waals surface area contributed by atoms with Crippen LogP contribution in [0.3, 0.4) is 0 Å². The molecule has 0 aromatic heterocycles. The van der Waals surface area contributed by atoms with E-state index >= 15 is 0 Å². The van der Waals surface area contributed by atoms with Crippen LogP contribution >= 0.6 is 0 Å². The van der Waals surface area contributed by atoms with Crippen molar-refractivity contribution >= 4 is 11.9 Å². The van der Waals surface area contributed by atoms with Gasteiger partial charge in [0, 0.05) is 39.6 Å². The quantitative estimate of drug-likeness (QED) is 0.0447. The van der Waals surface area contributed by atoms with Crippen LogP contribution in [-0.2, 0) is 28.4 Å². The Morgan fingerprint density at radius 2 is 0.828 bits per heavy atom. The van der Waals surface area contributed by atoms with Crippen molar-refractivity contribution in [3.05, 3.63) is 132 Å². The summed E-state index contributed by atoms with van der Waals surface area (Å²) in [5.74, 6) is 5.51. The standard InChI is InChI=1S/2C22H28O5.C10H16/c2*1-2-24-15-9-10-16-25-17-21(18-26-20-13-7-4-8-14-20)27-22(23)19-11-5-3-6-12-19;1-2-9-7-4-5-8(6-7)10(9)3-1/h2*3-8,11-14,21H,2,9-10,15-18H2,1H3;7-10H,1-6H2. The van der Waals surface area contributed by atoms with Crippen LogP contribution in [0.1, 0.15) is 98.8 Å². The number of benzene rings is 4. The summed E-state index contributed by atoms with van der Waals surface area (Å²) in [5.41, 5.74) is 1.03. The first-order valence-electron chi connectivity index (χ1n) is 23.7. The molecule has 0 N–H and O–H groups in total. The van der Waals surface area contributed by atoms with Crippen LogP contribution in [0.25, 0.3) is 0 Å².